The Balaban J connectivity index is 1.77. The molecule has 2 N–H and O–H groups in total. The van der Waals surface area contributed by atoms with Gasteiger partial charge in [0.15, 0.2) is 0 Å². The quantitative estimate of drug-likeness (QED) is 0.786. The third-order valence-corrected chi connectivity index (χ3v) is 4.11. The molecule has 0 aliphatic heterocycles. The fourth-order valence-corrected chi connectivity index (χ4v) is 2.96. The first kappa shape index (κ1) is 16.3. The van der Waals surface area contributed by atoms with Crippen LogP contribution in [0.2, 0.25) is 0 Å². The van der Waals surface area contributed by atoms with E-state index in [9.17, 15) is 5.11 Å². The largest absolute Gasteiger partial charge is 0.491 e. The summed E-state index contributed by atoms with van der Waals surface area (Å²) < 4.78 is 5.64. The van der Waals surface area contributed by atoms with Crippen LogP contribution in [0.5, 0.6) is 5.75 Å². The van der Waals surface area contributed by atoms with Crippen LogP contribution < -0.4 is 10.1 Å². The van der Waals surface area contributed by atoms with E-state index in [1.54, 1.807) is 0 Å². The highest BCUT2D eigenvalue weighted by Crippen LogP contribution is 2.26. The predicted molar refractivity (Wildman–Crippen MR) is 86.6 cm³/mol. The molecule has 0 bridgehead atoms. The van der Waals surface area contributed by atoms with Crippen LogP contribution in [0.15, 0.2) is 24.3 Å². The van der Waals surface area contributed by atoms with Gasteiger partial charge < -0.3 is 15.2 Å². The van der Waals surface area contributed by atoms with Crippen molar-refractivity contribution >= 4 is 0 Å². The molecule has 0 heterocycles. The second-order valence-corrected chi connectivity index (χ2v) is 6.55. The first-order valence-corrected chi connectivity index (χ1v) is 8.26. The summed E-state index contributed by atoms with van der Waals surface area (Å²) >= 11 is 0. The van der Waals surface area contributed by atoms with Gasteiger partial charge in [0.1, 0.15) is 5.75 Å². The lowest BCUT2D eigenvalue weighted by atomic mass is 9.94. The molecule has 3 nitrogen and oxygen atoms in total. The summed E-state index contributed by atoms with van der Waals surface area (Å²) in [6.45, 7) is 5.55. The smallest absolute Gasteiger partial charge is 0.119 e. The number of aliphatic hydroxyl groups is 1. The maximum absolute atomic E-state index is 10.6. The number of nitrogens with one attached hydrogen (secondary N) is 1. The van der Waals surface area contributed by atoms with Crippen molar-refractivity contribution in [2.75, 3.05) is 6.54 Å². The molecule has 0 unspecified atom stereocenters. The van der Waals surface area contributed by atoms with Crippen molar-refractivity contribution in [1.82, 2.24) is 5.32 Å². The van der Waals surface area contributed by atoms with Crippen LogP contribution >= 0.6 is 0 Å². The van der Waals surface area contributed by atoms with Crippen molar-refractivity contribution < 1.29 is 9.84 Å². The van der Waals surface area contributed by atoms with Crippen molar-refractivity contribution in [3.8, 4) is 5.75 Å². The lowest BCUT2D eigenvalue weighted by molar-refractivity contribution is 0.0250. The lowest BCUT2D eigenvalue weighted by Crippen LogP contribution is -2.39. The first-order valence-electron chi connectivity index (χ1n) is 8.26. The Kier molecular flexibility index (Phi) is 6.07. The third kappa shape index (κ3) is 5.68. The van der Waals surface area contributed by atoms with Crippen LogP contribution in [0.4, 0.5) is 0 Å². The van der Waals surface area contributed by atoms with Gasteiger partial charge in [-0.25, -0.2) is 0 Å². The minimum Gasteiger partial charge on any atom is -0.491 e. The summed E-state index contributed by atoms with van der Waals surface area (Å²) in [5.74, 6) is 0.913. The van der Waals surface area contributed by atoms with Crippen LogP contribution in [0.1, 0.15) is 57.9 Å². The van der Waals surface area contributed by atoms with Gasteiger partial charge in [-0.05, 0) is 44.4 Å². The van der Waals surface area contributed by atoms with Crippen molar-refractivity contribution in [2.45, 2.75) is 70.6 Å². The Morgan fingerprint density at radius 1 is 1.10 bits per heavy atom. The zero-order valence-electron chi connectivity index (χ0n) is 13.4. The van der Waals surface area contributed by atoms with Gasteiger partial charge in [-0.1, -0.05) is 37.8 Å². The minimum absolute atomic E-state index is 0.207. The monoisotopic (exact) mass is 291 g/mol. The number of hydrogen-bond donors (Lipinski definition) is 2. The molecule has 0 atom stereocenters. The van der Waals surface area contributed by atoms with Gasteiger partial charge in [0, 0.05) is 13.1 Å². The number of rotatable bonds is 6. The van der Waals surface area contributed by atoms with E-state index in [-0.39, 0.29) is 6.10 Å². The van der Waals surface area contributed by atoms with Gasteiger partial charge in [0.05, 0.1) is 11.7 Å². The molecule has 118 valence electrons. The molecule has 0 amide bonds. The maximum atomic E-state index is 10.6. The van der Waals surface area contributed by atoms with Crippen LogP contribution in [0.25, 0.3) is 0 Å². The normalized spacial score (nSPS) is 18.5. The van der Waals surface area contributed by atoms with Gasteiger partial charge in [0.2, 0.25) is 0 Å². The number of hydrogen-bond acceptors (Lipinski definition) is 3. The number of benzene rings is 1. The molecule has 2 rings (SSSR count). The van der Waals surface area contributed by atoms with E-state index in [1.165, 1.54) is 18.4 Å². The molecule has 0 saturated heterocycles. The highest BCUT2D eigenvalue weighted by molar-refractivity contribution is 5.27. The standard InChI is InChI=1S/C18H29NO2/c1-15(2)21-17-9-7-16(8-10-17)13-19-14-18(20)11-5-3-4-6-12-18/h7-10,15,19-20H,3-6,11-14H2,1-2H3. The van der Waals surface area contributed by atoms with Crippen molar-refractivity contribution in [2.24, 2.45) is 0 Å². The molecule has 21 heavy (non-hydrogen) atoms. The van der Waals surface area contributed by atoms with Crippen LogP contribution in [-0.4, -0.2) is 23.4 Å². The minimum atomic E-state index is -0.503. The molecule has 1 fully saturated rings. The summed E-state index contributed by atoms with van der Waals surface area (Å²) in [7, 11) is 0. The van der Waals surface area contributed by atoms with E-state index in [2.05, 4.69) is 17.4 Å². The van der Waals surface area contributed by atoms with Gasteiger partial charge in [-0.3, -0.25) is 0 Å². The second kappa shape index (κ2) is 7.81. The summed E-state index contributed by atoms with van der Waals surface area (Å²) in [5, 5.41) is 14.0. The Morgan fingerprint density at radius 2 is 1.71 bits per heavy atom. The third-order valence-electron chi connectivity index (χ3n) is 4.11. The molecule has 0 aromatic heterocycles. The van der Waals surface area contributed by atoms with Crippen LogP contribution in [0.3, 0.4) is 0 Å². The van der Waals surface area contributed by atoms with Crippen LogP contribution in [-0.2, 0) is 6.54 Å². The highest BCUT2D eigenvalue weighted by atomic mass is 16.5. The van der Waals surface area contributed by atoms with E-state index >= 15 is 0 Å². The lowest BCUT2D eigenvalue weighted by Gasteiger charge is -2.27. The molecule has 1 aliphatic carbocycles. The Bertz CT molecular complexity index is 406. The van der Waals surface area contributed by atoms with E-state index < -0.39 is 5.60 Å². The zero-order chi connectivity index (χ0) is 15.1. The first-order chi connectivity index (χ1) is 10.1. The highest BCUT2D eigenvalue weighted by Gasteiger charge is 2.27. The SMILES string of the molecule is CC(C)Oc1ccc(CNCC2(O)CCCCCC2)cc1. The van der Waals surface area contributed by atoms with Crippen molar-refractivity contribution in [1.29, 1.82) is 0 Å². The molecule has 0 radical (unpaired) electrons. The van der Waals surface area contributed by atoms with E-state index in [0.29, 0.717) is 6.54 Å². The van der Waals surface area contributed by atoms with Crippen molar-refractivity contribution in [3.63, 3.8) is 0 Å². The van der Waals surface area contributed by atoms with E-state index in [0.717, 1.165) is 38.0 Å². The van der Waals surface area contributed by atoms with Crippen LogP contribution in [0, 0.1) is 0 Å². The Hall–Kier alpha value is -1.06. The molecule has 1 aliphatic rings. The number of ether oxygens (including phenoxy) is 1. The average Bonchev–Trinajstić information content (AvgIpc) is 2.65. The predicted octanol–water partition coefficient (Wildman–Crippen LogP) is 3.65. The van der Waals surface area contributed by atoms with E-state index in [1.807, 2.05) is 26.0 Å². The fraction of sp³-hybridized carbons (Fsp3) is 0.667. The molecule has 1 aromatic rings. The van der Waals surface area contributed by atoms with E-state index in [4.69, 9.17) is 4.74 Å². The Morgan fingerprint density at radius 3 is 2.29 bits per heavy atom. The zero-order valence-corrected chi connectivity index (χ0v) is 13.4. The fourth-order valence-electron chi connectivity index (χ4n) is 2.96. The van der Waals surface area contributed by atoms with Gasteiger partial charge in [0.25, 0.3) is 0 Å². The van der Waals surface area contributed by atoms with Gasteiger partial charge >= 0.3 is 0 Å². The Labute approximate surface area is 128 Å². The van der Waals surface area contributed by atoms with Crippen molar-refractivity contribution in [3.05, 3.63) is 29.8 Å². The summed E-state index contributed by atoms with van der Waals surface area (Å²) in [6, 6.07) is 8.19. The van der Waals surface area contributed by atoms with Gasteiger partial charge in [-0.15, -0.1) is 0 Å². The molecular weight excluding hydrogens is 262 g/mol. The molecule has 3 heteroatoms. The average molecular weight is 291 g/mol. The summed E-state index contributed by atoms with van der Waals surface area (Å²) in [4.78, 5) is 0. The summed E-state index contributed by atoms with van der Waals surface area (Å²) in [6.07, 6.45) is 6.90. The van der Waals surface area contributed by atoms with Gasteiger partial charge in [-0.2, -0.15) is 0 Å². The summed E-state index contributed by atoms with van der Waals surface area (Å²) in [5.41, 5.74) is 0.723. The molecular formula is C18H29NO2. The maximum Gasteiger partial charge on any atom is 0.119 e. The topological polar surface area (TPSA) is 41.5 Å². The second-order valence-electron chi connectivity index (χ2n) is 6.55. The molecule has 0 spiro atoms. The molecule has 1 aromatic carbocycles. The molecule has 1 saturated carbocycles.